The molecule has 0 saturated carbocycles. The summed E-state index contributed by atoms with van der Waals surface area (Å²) in [5.74, 6) is 0.202. The van der Waals surface area contributed by atoms with Crippen molar-refractivity contribution in [2.45, 2.75) is 33.6 Å². The van der Waals surface area contributed by atoms with Gasteiger partial charge >= 0.3 is 0 Å². The zero-order valence-corrected chi connectivity index (χ0v) is 7.90. The monoisotopic (exact) mass is 165 g/mol. The van der Waals surface area contributed by atoms with E-state index in [0.29, 0.717) is 6.42 Å². The second-order valence-electron chi connectivity index (χ2n) is 3.99. The summed E-state index contributed by atoms with van der Waals surface area (Å²) in [6, 6.07) is 0. The van der Waals surface area contributed by atoms with E-state index < -0.39 is 0 Å². The first-order valence-electron chi connectivity index (χ1n) is 4.24. The second kappa shape index (κ2) is 2.85. The molecular weight excluding hydrogens is 150 g/mol. The van der Waals surface area contributed by atoms with Crippen LogP contribution in [0.3, 0.4) is 0 Å². The van der Waals surface area contributed by atoms with Gasteiger partial charge in [-0.05, 0) is 29.9 Å². The van der Waals surface area contributed by atoms with Crippen molar-refractivity contribution in [1.29, 1.82) is 5.41 Å². The molecule has 0 aliphatic heterocycles. The van der Waals surface area contributed by atoms with Crippen LogP contribution in [-0.2, 0) is 4.79 Å². The average Bonchev–Trinajstić information content (AvgIpc) is 1.99. The molecule has 1 aliphatic rings. The van der Waals surface area contributed by atoms with Crippen molar-refractivity contribution in [2.75, 3.05) is 0 Å². The Bertz CT molecular complexity index is 261. The third kappa shape index (κ3) is 1.33. The summed E-state index contributed by atoms with van der Waals surface area (Å²) in [6.07, 6.45) is 2.83. The summed E-state index contributed by atoms with van der Waals surface area (Å²) >= 11 is 0. The molecule has 0 saturated heterocycles. The first-order chi connectivity index (χ1) is 5.49. The third-order valence-electron chi connectivity index (χ3n) is 2.67. The van der Waals surface area contributed by atoms with Crippen LogP contribution < -0.4 is 0 Å². The molecule has 0 aromatic carbocycles. The Kier molecular flexibility index (Phi) is 2.18. The molecular formula is C10H15NO. The van der Waals surface area contributed by atoms with Crippen LogP contribution in [0.4, 0.5) is 0 Å². The van der Waals surface area contributed by atoms with E-state index in [0.717, 1.165) is 17.6 Å². The minimum absolute atomic E-state index is 0.0136. The van der Waals surface area contributed by atoms with E-state index in [1.807, 2.05) is 6.92 Å². The van der Waals surface area contributed by atoms with E-state index in [-0.39, 0.29) is 11.2 Å². The van der Waals surface area contributed by atoms with Gasteiger partial charge in [-0.2, -0.15) is 0 Å². The van der Waals surface area contributed by atoms with Gasteiger partial charge in [-0.1, -0.05) is 13.8 Å². The molecule has 2 nitrogen and oxygen atoms in total. The van der Waals surface area contributed by atoms with Crippen LogP contribution >= 0.6 is 0 Å². The molecule has 0 radical (unpaired) electrons. The van der Waals surface area contributed by atoms with Crippen molar-refractivity contribution in [3.8, 4) is 0 Å². The molecule has 1 rings (SSSR count). The Balaban J connectivity index is 3.18. The van der Waals surface area contributed by atoms with Gasteiger partial charge in [-0.15, -0.1) is 0 Å². The van der Waals surface area contributed by atoms with Crippen molar-refractivity contribution < 1.29 is 4.79 Å². The van der Waals surface area contributed by atoms with E-state index in [4.69, 9.17) is 5.41 Å². The van der Waals surface area contributed by atoms with Gasteiger partial charge in [0.15, 0.2) is 5.78 Å². The minimum atomic E-state index is 0.0136. The summed E-state index contributed by atoms with van der Waals surface area (Å²) in [7, 11) is 0. The molecule has 1 N–H and O–H groups in total. The zero-order valence-electron chi connectivity index (χ0n) is 7.90. The molecule has 0 unspecified atom stereocenters. The fourth-order valence-corrected chi connectivity index (χ4v) is 1.71. The molecule has 12 heavy (non-hydrogen) atoms. The van der Waals surface area contributed by atoms with Gasteiger partial charge in [-0.25, -0.2) is 0 Å². The summed E-state index contributed by atoms with van der Waals surface area (Å²) in [6.45, 7) is 6.00. The Labute approximate surface area is 73.2 Å². The molecule has 0 heterocycles. The van der Waals surface area contributed by atoms with Gasteiger partial charge in [0.25, 0.3) is 0 Å². The summed E-state index contributed by atoms with van der Waals surface area (Å²) < 4.78 is 0. The number of Topliss-reactive ketones (excluding diaryl/α,β-unsaturated/α-hetero) is 1. The maximum absolute atomic E-state index is 11.3. The van der Waals surface area contributed by atoms with E-state index in [2.05, 4.69) is 13.8 Å². The van der Waals surface area contributed by atoms with Gasteiger partial charge in [0.1, 0.15) is 0 Å². The second-order valence-corrected chi connectivity index (χ2v) is 3.99. The minimum Gasteiger partial charge on any atom is -0.308 e. The van der Waals surface area contributed by atoms with Crippen LogP contribution in [0, 0.1) is 10.8 Å². The van der Waals surface area contributed by atoms with Crippen molar-refractivity contribution in [3.63, 3.8) is 0 Å². The fraction of sp³-hybridized carbons (Fsp3) is 0.600. The number of carbonyl (C=O) groups excluding carboxylic acids is 1. The van der Waals surface area contributed by atoms with E-state index in [1.165, 1.54) is 6.21 Å². The van der Waals surface area contributed by atoms with E-state index in [9.17, 15) is 4.79 Å². The molecule has 0 fully saturated rings. The molecule has 0 atom stereocenters. The van der Waals surface area contributed by atoms with Crippen molar-refractivity contribution in [1.82, 2.24) is 0 Å². The number of allylic oxidation sites excluding steroid dienone is 2. The first kappa shape index (κ1) is 9.17. The fourth-order valence-electron chi connectivity index (χ4n) is 1.71. The molecule has 0 bridgehead atoms. The van der Waals surface area contributed by atoms with Crippen LogP contribution in [-0.4, -0.2) is 12.0 Å². The van der Waals surface area contributed by atoms with Gasteiger partial charge in [-0.3, -0.25) is 4.79 Å². The number of hydrogen-bond acceptors (Lipinski definition) is 2. The Hall–Kier alpha value is -0.920. The molecule has 1 aliphatic carbocycles. The van der Waals surface area contributed by atoms with Gasteiger partial charge in [0.2, 0.25) is 0 Å². The standard InChI is InChI=1S/C10H15NO/c1-7-8(6-11)10(2,3)5-4-9(7)12/h6,11H,4-5H2,1-3H3. The quantitative estimate of drug-likeness (QED) is 0.595. The lowest BCUT2D eigenvalue weighted by Crippen LogP contribution is -2.25. The van der Waals surface area contributed by atoms with Crippen LogP contribution in [0.2, 0.25) is 0 Å². The molecule has 0 aromatic rings. The highest BCUT2D eigenvalue weighted by atomic mass is 16.1. The van der Waals surface area contributed by atoms with Crippen molar-refractivity contribution in [3.05, 3.63) is 11.1 Å². The average molecular weight is 165 g/mol. The van der Waals surface area contributed by atoms with Crippen molar-refractivity contribution in [2.24, 2.45) is 5.41 Å². The van der Waals surface area contributed by atoms with Crippen LogP contribution in [0.5, 0.6) is 0 Å². The number of carbonyl (C=O) groups is 1. The molecule has 0 spiro atoms. The number of ketones is 1. The van der Waals surface area contributed by atoms with Gasteiger partial charge in [0.05, 0.1) is 0 Å². The normalized spacial score (nSPS) is 22.8. The topological polar surface area (TPSA) is 40.9 Å². The van der Waals surface area contributed by atoms with E-state index >= 15 is 0 Å². The summed E-state index contributed by atoms with van der Waals surface area (Å²) in [5, 5.41) is 7.24. The van der Waals surface area contributed by atoms with E-state index in [1.54, 1.807) is 0 Å². The van der Waals surface area contributed by atoms with Crippen molar-refractivity contribution >= 4 is 12.0 Å². The predicted octanol–water partition coefficient (Wildman–Crippen LogP) is 2.34. The lowest BCUT2D eigenvalue weighted by atomic mass is 9.73. The first-order valence-corrected chi connectivity index (χ1v) is 4.24. The molecule has 0 amide bonds. The highest BCUT2D eigenvalue weighted by Crippen LogP contribution is 2.37. The van der Waals surface area contributed by atoms with Gasteiger partial charge in [0, 0.05) is 12.6 Å². The van der Waals surface area contributed by atoms with Crippen LogP contribution in [0.15, 0.2) is 11.1 Å². The molecule has 0 aromatic heterocycles. The maximum Gasteiger partial charge on any atom is 0.158 e. The molecule has 2 heteroatoms. The SMILES string of the molecule is CC1=C(C=N)C(C)(C)CCC1=O. The highest BCUT2D eigenvalue weighted by Gasteiger charge is 2.30. The Morgan fingerprint density at radius 2 is 2.08 bits per heavy atom. The lowest BCUT2D eigenvalue weighted by molar-refractivity contribution is -0.116. The lowest BCUT2D eigenvalue weighted by Gasteiger charge is -2.31. The Morgan fingerprint density at radius 1 is 1.50 bits per heavy atom. The molecule has 66 valence electrons. The zero-order chi connectivity index (χ0) is 9.35. The van der Waals surface area contributed by atoms with Crippen LogP contribution in [0.25, 0.3) is 0 Å². The summed E-state index contributed by atoms with van der Waals surface area (Å²) in [5.41, 5.74) is 1.69. The third-order valence-corrected chi connectivity index (χ3v) is 2.67. The number of nitrogens with one attached hydrogen (secondary N) is 1. The Morgan fingerprint density at radius 3 is 2.50 bits per heavy atom. The highest BCUT2D eigenvalue weighted by molar-refractivity contribution is 6.02. The smallest absolute Gasteiger partial charge is 0.158 e. The number of rotatable bonds is 1. The summed E-state index contributed by atoms with van der Waals surface area (Å²) in [4.78, 5) is 11.3. The predicted molar refractivity (Wildman–Crippen MR) is 49.5 cm³/mol. The largest absolute Gasteiger partial charge is 0.308 e. The maximum atomic E-state index is 11.3. The van der Waals surface area contributed by atoms with Crippen LogP contribution in [0.1, 0.15) is 33.6 Å². The van der Waals surface area contributed by atoms with Gasteiger partial charge < -0.3 is 5.41 Å². The number of hydrogen-bond donors (Lipinski definition) is 1.